The molecular formula is C18H21ClN2O2. The summed E-state index contributed by atoms with van der Waals surface area (Å²) in [6.07, 6.45) is 3.82. The molecule has 0 bridgehead atoms. The molecule has 1 amide bonds. The summed E-state index contributed by atoms with van der Waals surface area (Å²) < 4.78 is 5.18. The van der Waals surface area contributed by atoms with E-state index in [0.717, 1.165) is 23.6 Å². The Morgan fingerprint density at radius 1 is 1.26 bits per heavy atom. The van der Waals surface area contributed by atoms with E-state index in [4.69, 9.17) is 16.3 Å². The van der Waals surface area contributed by atoms with Gasteiger partial charge in [0.25, 0.3) is 0 Å². The number of methoxy groups -OCH3 is 1. The van der Waals surface area contributed by atoms with Crippen molar-refractivity contribution in [1.29, 1.82) is 0 Å². The zero-order valence-electron chi connectivity index (χ0n) is 13.2. The second-order valence-corrected chi connectivity index (χ2v) is 5.75. The number of benzene rings is 1. The van der Waals surface area contributed by atoms with E-state index in [2.05, 4.69) is 10.3 Å². The Morgan fingerprint density at radius 2 is 2.04 bits per heavy atom. The molecule has 0 fully saturated rings. The third-order valence-corrected chi connectivity index (χ3v) is 3.75. The molecule has 0 spiro atoms. The molecule has 2 aromatic rings. The van der Waals surface area contributed by atoms with Crippen molar-refractivity contribution >= 4 is 17.5 Å². The zero-order chi connectivity index (χ0) is 16.5. The lowest BCUT2D eigenvalue weighted by atomic mass is 10.1. The second-order valence-electron chi connectivity index (χ2n) is 5.31. The molecule has 0 saturated heterocycles. The van der Waals surface area contributed by atoms with Gasteiger partial charge >= 0.3 is 0 Å². The van der Waals surface area contributed by atoms with Gasteiger partial charge in [-0.25, -0.2) is 0 Å². The number of hydrogen-bond donors (Lipinski definition) is 1. The average molecular weight is 333 g/mol. The van der Waals surface area contributed by atoms with Crippen LogP contribution in [0.15, 0.2) is 48.7 Å². The number of rotatable bonds is 8. The van der Waals surface area contributed by atoms with E-state index >= 15 is 0 Å². The Kier molecular flexibility index (Phi) is 7.04. The smallest absolute Gasteiger partial charge is 0.220 e. The van der Waals surface area contributed by atoms with Crippen molar-refractivity contribution in [2.75, 3.05) is 13.7 Å². The first-order valence-electron chi connectivity index (χ1n) is 7.62. The largest absolute Gasteiger partial charge is 0.382 e. The lowest BCUT2D eigenvalue weighted by molar-refractivity contribution is -0.122. The average Bonchev–Trinajstić information content (AvgIpc) is 2.57. The van der Waals surface area contributed by atoms with E-state index in [9.17, 15) is 4.79 Å². The van der Waals surface area contributed by atoms with Crippen LogP contribution in [0.4, 0.5) is 0 Å². The Morgan fingerprint density at radius 3 is 2.70 bits per heavy atom. The van der Waals surface area contributed by atoms with Gasteiger partial charge in [-0.1, -0.05) is 29.8 Å². The van der Waals surface area contributed by atoms with Crippen molar-refractivity contribution in [2.45, 2.75) is 25.3 Å². The molecular weight excluding hydrogens is 312 g/mol. The molecule has 0 aliphatic rings. The number of ether oxygens (including phenoxy) is 1. The molecule has 1 atom stereocenters. The quantitative estimate of drug-likeness (QED) is 0.804. The van der Waals surface area contributed by atoms with Gasteiger partial charge < -0.3 is 10.1 Å². The SMILES string of the molecule is COC[C@H](NC(=O)CCCc1ccc(Cl)cc1)c1ccccn1. The summed E-state index contributed by atoms with van der Waals surface area (Å²) in [5.41, 5.74) is 1.99. The van der Waals surface area contributed by atoms with Crippen molar-refractivity contribution in [1.82, 2.24) is 10.3 Å². The zero-order valence-corrected chi connectivity index (χ0v) is 13.9. The predicted octanol–water partition coefficient (Wildman–Crippen LogP) is 3.56. The molecule has 0 unspecified atom stereocenters. The molecule has 1 aromatic heterocycles. The lowest BCUT2D eigenvalue weighted by Crippen LogP contribution is -2.31. The fourth-order valence-electron chi connectivity index (χ4n) is 2.32. The summed E-state index contributed by atoms with van der Waals surface area (Å²) >= 11 is 5.86. The minimum atomic E-state index is -0.218. The number of nitrogens with one attached hydrogen (secondary N) is 1. The molecule has 1 N–H and O–H groups in total. The van der Waals surface area contributed by atoms with Crippen LogP contribution in [-0.2, 0) is 16.0 Å². The van der Waals surface area contributed by atoms with Crippen molar-refractivity contribution in [3.8, 4) is 0 Å². The first-order chi connectivity index (χ1) is 11.2. The number of carbonyl (C=O) groups excluding carboxylic acids is 1. The summed E-state index contributed by atoms with van der Waals surface area (Å²) in [6, 6.07) is 13.1. The highest BCUT2D eigenvalue weighted by atomic mass is 35.5. The van der Waals surface area contributed by atoms with Crippen LogP contribution in [0.5, 0.6) is 0 Å². The third-order valence-electron chi connectivity index (χ3n) is 3.50. The molecule has 0 radical (unpaired) electrons. The number of nitrogens with zero attached hydrogens (tertiary/aromatic N) is 1. The van der Waals surface area contributed by atoms with Gasteiger partial charge in [0.2, 0.25) is 5.91 Å². The van der Waals surface area contributed by atoms with Crippen LogP contribution in [0.25, 0.3) is 0 Å². The molecule has 4 nitrogen and oxygen atoms in total. The number of halogens is 1. The maximum atomic E-state index is 12.1. The standard InChI is InChI=1S/C18H21ClN2O2/c1-23-13-17(16-6-2-3-12-20-16)21-18(22)7-4-5-14-8-10-15(19)11-9-14/h2-3,6,8-12,17H,4-5,7,13H2,1H3,(H,21,22)/t17-/m0/s1. The van der Waals surface area contributed by atoms with Gasteiger partial charge in [0, 0.05) is 24.8 Å². The van der Waals surface area contributed by atoms with Gasteiger partial charge in [-0.3, -0.25) is 9.78 Å². The van der Waals surface area contributed by atoms with Crippen molar-refractivity contribution in [2.24, 2.45) is 0 Å². The Hall–Kier alpha value is -1.91. The lowest BCUT2D eigenvalue weighted by Gasteiger charge is -2.17. The highest BCUT2D eigenvalue weighted by molar-refractivity contribution is 6.30. The van der Waals surface area contributed by atoms with Crippen molar-refractivity contribution in [3.05, 3.63) is 64.9 Å². The summed E-state index contributed by atoms with van der Waals surface area (Å²) in [5.74, 6) is 0.00617. The monoisotopic (exact) mass is 332 g/mol. The van der Waals surface area contributed by atoms with Crippen LogP contribution in [0.2, 0.25) is 5.02 Å². The minimum Gasteiger partial charge on any atom is -0.382 e. The molecule has 0 saturated carbocycles. The molecule has 0 aliphatic heterocycles. The summed E-state index contributed by atoms with van der Waals surface area (Å²) in [4.78, 5) is 16.4. The van der Waals surface area contributed by atoms with Crippen molar-refractivity contribution in [3.63, 3.8) is 0 Å². The number of aryl methyl sites for hydroxylation is 1. The third kappa shape index (κ3) is 6.00. The van der Waals surface area contributed by atoms with Gasteiger partial charge in [0.15, 0.2) is 0 Å². The van der Waals surface area contributed by atoms with Gasteiger partial charge in [-0.05, 0) is 42.7 Å². The van der Waals surface area contributed by atoms with Gasteiger partial charge in [0.05, 0.1) is 18.3 Å². The van der Waals surface area contributed by atoms with Crippen molar-refractivity contribution < 1.29 is 9.53 Å². The number of pyridine rings is 1. The summed E-state index contributed by atoms with van der Waals surface area (Å²) in [7, 11) is 1.61. The van der Waals surface area contributed by atoms with E-state index in [1.165, 1.54) is 5.56 Å². The number of amides is 1. The van der Waals surface area contributed by atoms with Crippen LogP contribution in [0.3, 0.4) is 0 Å². The van der Waals surface area contributed by atoms with E-state index < -0.39 is 0 Å². The van der Waals surface area contributed by atoms with E-state index in [1.54, 1.807) is 13.3 Å². The molecule has 23 heavy (non-hydrogen) atoms. The van der Waals surface area contributed by atoms with Crippen LogP contribution in [0.1, 0.15) is 30.1 Å². The van der Waals surface area contributed by atoms with E-state index in [0.29, 0.717) is 13.0 Å². The number of carbonyl (C=O) groups is 1. The molecule has 0 aliphatic carbocycles. The second kappa shape index (κ2) is 9.28. The molecule has 1 heterocycles. The topological polar surface area (TPSA) is 51.2 Å². The summed E-state index contributed by atoms with van der Waals surface area (Å²) in [6.45, 7) is 0.403. The van der Waals surface area contributed by atoms with Crippen LogP contribution in [-0.4, -0.2) is 24.6 Å². The van der Waals surface area contributed by atoms with E-state index in [-0.39, 0.29) is 11.9 Å². The Bertz CT molecular complexity index is 602. The minimum absolute atomic E-state index is 0.00617. The van der Waals surface area contributed by atoms with Crippen LogP contribution in [0, 0.1) is 0 Å². The van der Waals surface area contributed by atoms with E-state index in [1.807, 2.05) is 42.5 Å². The predicted molar refractivity (Wildman–Crippen MR) is 91.4 cm³/mol. The summed E-state index contributed by atoms with van der Waals surface area (Å²) in [5, 5.41) is 3.71. The highest BCUT2D eigenvalue weighted by Crippen LogP contribution is 2.13. The molecule has 1 aromatic carbocycles. The van der Waals surface area contributed by atoms with Gasteiger partial charge in [-0.2, -0.15) is 0 Å². The highest BCUT2D eigenvalue weighted by Gasteiger charge is 2.15. The van der Waals surface area contributed by atoms with Gasteiger partial charge in [-0.15, -0.1) is 0 Å². The van der Waals surface area contributed by atoms with Gasteiger partial charge in [0.1, 0.15) is 0 Å². The van der Waals surface area contributed by atoms with Crippen LogP contribution >= 0.6 is 11.6 Å². The first kappa shape index (κ1) is 17.4. The number of hydrogen-bond acceptors (Lipinski definition) is 3. The first-order valence-corrected chi connectivity index (χ1v) is 8.00. The molecule has 5 heteroatoms. The Balaban J connectivity index is 1.81. The maximum Gasteiger partial charge on any atom is 0.220 e. The normalized spacial score (nSPS) is 11.9. The van der Waals surface area contributed by atoms with Crippen LogP contribution < -0.4 is 5.32 Å². The fraction of sp³-hybridized carbons (Fsp3) is 0.333. The number of aromatic nitrogens is 1. The molecule has 2 rings (SSSR count). The Labute approximate surface area is 141 Å². The maximum absolute atomic E-state index is 12.1. The fourth-order valence-corrected chi connectivity index (χ4v) is 2.45. The molecule has 122 valence electrons.